The van der Waals surface area contributed by atoms with Crippen molar-refractivity contribution in [2.75, 3.05) is 5.32 Å². The number of amides is 1. The highest BCUT2D eigenvalue weighted by molar-refractivity contribution is 7.80. The van der Waals surface area contributed by atoms with E-state index in [1.807, 2.05) is 44.2 Å². The molecule has 22 heavy (non-hydrogen) atoms. The van der Waals surface area contributed by atoms with Crippen LogP contribution in [0.15, 0.2) is 42.5 Å². The van der Waals surface area contributed by atoms with Crippen LogP contribution in [0.3, 0.4) is 0 Å². The van der Waals surface area contributed by atoms with Crippen molar-refractivity contribution < 1.29 is 4.79 Å². The lowest BCUT2D eigenvalue weighted by Crippen LogP contribution is -2.35. The maximum Gasteiger partial charge on any atom is 0.230 e. The third kappa shape index (κ3) is 4.40. The minimum atomic E-state index is -0.119. The standard InChI is InChI=1S/C18H20N2OS/c1-12-9-13(2)17(14(3)10-12)20-18(22)19-16(21)11-15-7-5-4-6-8-15/h4-10H,11H2,1-3H3,(H2,19,20,21,22). The quantitative estimate of drug-likeness (QED) is 0.850. The number of benzene rings is 2. The summed E-state index contributed by atoms with van der Waals surface area (Å²) in [5.41, 5.74) is 5.34. The number of nitrogens with one attached hydrogen (secondary N) is 2. The van der Waals surface area contributed by atoms with Crippen molar-refractivity contribution in [1.82, 2.24) is 5.32 Å². The van der Waals surface area contributed by atoms with Crippen molar-refractivity contribution in [3.8, 4) is 0 Å². The predicted molar refractivity (Wildman–Crippen MR) is 95.2 cm³/mol. The zero-order chi connectivity index (χ0) is 16.1. The number of carbonyl (C=O) groups is 1. The van der Waals surface area contributed by atoms with Crippen molar-refractivity contribution in [2.45, 2.75) is 27.2 Å². The highest BCUT2D eigenvalue weighted by atomic mass is 32.1. The Morgan fingerprint density at radius 2 is 1.64 bits per heavy atom. The molecule has 4 heteroatoms. The van der Waals surface area contributed by atoms with Crippen LogP contribution in [0.2, 0.25) is 0 Å². The average Bonchev–Trinajstić information content (AvgIpc) is 2.43. The Bertz CT molecular complexity index is 672. The van der Waals surface area contributed by atoms with E-state index < -0.39 is 0 Å². The second-order valence-electron chi connectivity index (χ2n) is 5.44. The summed E-state index contributed by atoms with van der Waals surface area (Å²) in [6, 6.07) is 13.8. The molecule has 0 aliphatic heterocycles. The molecule has 2 rings (SSSR count). The molecule has 0 aromatic heterocycles. The molecule has 0 saturated carbocycles. The van der Waals surface area contributed by atoms with Gasteiger partial charge in [0.2, 0.25) is 5.91 Å². The minimum absolute atomic E-state index is 0.119. The smallest absolute Gasteiger partial charge is 0.230 e. The van der Waals surface area contributed by atoms with Crippen molar-refractivity contribution in [1.29, 1.82) is 0 Å². The topological polar surface area (TPSA) is 41.1 Å². The first kappa shape index (κ1) is 16.2. The van der Waals surface area contributed by atoms with Gasteiger partial charge in [-0.05, 0) is 49.7 Å². The lowest BCUT2D eigenvalue weighted by Gasteiger charge is -2.15. The van der Waals surface area contributed by atoms with E-state index in [0.717, 1.165) is 22.4 Å². The van der Waals surface area contributed by atoms with Crippen LogP contribution in [0.25, 0.3) is 0 Å². The first-order valence-electron chi connectivity index (χ1n) is 7.18. The monoisotopic (exact) mass is 312 g/mol. The van der Waals surface area contributed by atoms with Gasteiger partial charge in [-0.25, -0.2) is 0 Å². The van der Waals surface area contributed by atoms with Gasteiger partial charge in [-0.15, -0.1) is 0 Å². The first-order chi connectivity index (χ1) is 10.5. The summed E-state index contributed by atoms with van der Waals surface area (Å²) in [5.74, 6) is -0.119. The number of rotatable bonds is 3. The Hall–Kier alpha value is -2.20. The van der Waals surface area contributed by atoms with E-state index in [0.29, 0.717) is 11.5 Å². The van der Waals surface area contributed by atoms with Crippen molar-refractivity contribution in [3.63, 3.8) is 0 Å². The lowest BCUT2D eigenvalue weighted by atomic mass is 10.1. The molecule has 3 nitrogen and oxygen atoms in total. The number of aryl methyl sites for hydroxylation is 3. The van der Waals surface area contributed by atoms with Crippen LogP contribution < -0.4 is 10.6 Å². The summed E-state index contributed by atoms with van der Waals surface area (Å²) in [4.78, 5) is 12.0. The number of hydrogen-bond donors (Lipinski definition) is 2. The molecule has 2 aromatic carbocycles. The molecular formula is C18H20N2OS. The zero-order valence-electron chi connectivity index (χ0n) is 13.1. The fourth-order valence-electron chi connectivity index (χ4n) is 2.47. The van der Waals surface area contributed by atoms with Crippen LogP contribution in [0, 0.1) is 20.8 Å². The summed E-state index contributed by atoms with van der Waals surface area (Å²) in [6.07, 6.45) is 0.314. The normalized spacial score (nSPS) is 10.1. The Labute approximate surface area is 136 Å². The number of carbonyl (C=O) groups excluding carboxylic acids is 1. The third-order valence-corrected chi connectivity index (χ3v) is 3.58. The molecule has 0 saturated heterocycles. The fraction of sp³-hybridized carbons (Fsp3) is 0.222. The second kappa shape index (κ2) is 7.18. The van der Waals surface area contributed by atoms with E-state index >= 15 is 0 Å². The van der Waals surface area contributed by atoms with E-state index in [1.54, 1.807) is 0 Å². The van der Waals surface area contributed by atoms with Crippen LogP contribution in [0.5, 0.6) is 0 Å². The van der Waals surface area contributed by atoms with Gasteiger partial charge in [0, 0.05) is 5.69 Å². The third-order valence-electron chi connectivity index (χ3n) is 3.38. The van der Waals surface area contributed by atoms with Gasteiger partial charge < -0.3 is 10.6 Å². The molecule has 114 valence electrons. The average molecular weight is 312 g/mol. The Balaban J connectivity index is 1.97. The number of thiocarbonyl (C=S) groups is 1. The maximum atomic E-state index is 12.0. The van der Waals surface area contributed by atoms with Crippen molar-refractivity contribution >= 4 is 28.9 Å². The maximum absolute atomic E-state index is 12.0. The van der Waals surface area contributed by atoms with Crippen LogP contribution >= 0.6 is 12.2 Å². The molecule has 1 amide bonds. The van der Waals surface area contributed by atoms with E-state index in [1.165, 1.54) is 5.56 Å². The predicted octanol–water partition coefficient (Wildman–Crippen LogP) is 3.67. The van der Waals surface area contributed by atoms with Crippen LogP contribution in [-0.2, 0) is 11.2 Å². The summed E-state index contributed by atoms with van der Waals surface area (Å²) in [7, 11) is 0. The summed E-state index contributed by atoms with van der Waals surface area (Å²) >= 11 is 5.24. The van der Waals surface area contributed by atoms with E-state index in [4.69, 9.17) is 12.2 Å². The Kier molecular flexibility index (Phi) is 5.28. The van der Waals surface area contributed by atoms with Gasteiger partial charge in [-0.1, -0.05) is 48.0 Å². The lowest BCUT2D eigenvalue weighted by molar-refractivity contribution is -0.119. The van der Waals surface area contributed by atoms with Gasteiger partial charge in [-0.2, -0.15) is 0 Å². The molecule has 0 aliphatic carbocycles. The first-order valence-corrected chi connectivity index (χ1v) is 7.59. The molecule has 2 aromatic rings. The summed E-state index contributed by atoms with van der Waals surface area (Å²) in [5, 5.41) is 6.18. The molecule has 0 heterocycles. The van der Waals surface area contributed by atoms with Gasteiger partial charge in [-0.3, -0.25) is 4.79 Å². The molecule has 0 fully saturated rings. The Morgan fingerprint density at radius 1 is 1.05 bits per heavy atom. The minimum Gasteiger partial charge on any atom is -0.332 e. The van der Waals surface area contributed by atoms with Gasteiger partial charge in [0.1, 0.15) is 0 Å². The van der Waals surface area contributed by atoms with E-state index in [9.17, 15) is 4.79 Å². The van der Waals surface area contributed by atoms with E-state index in [2.05, 4.69) is 29.7 Å². The van der Waals surface area contributed by atoms with Gasteiger partial charge in [0.15, 0.2) is 5.11 Å². The van der Waals surface area contributed by atoms with Gasteiger partial charge in [0.25, 0.3) is 0 Å². The van der Waals surface area contributed by atoms with Gasteiger partial charge >= 0.3 is 0 Å². The summed E-state index contributed by atoms with van der Waals surface area (Å²) < 4.78 is 0. The van der Waals surface area contributed by atoms with Crippen LogP contribution in [-0.4, -0.2) is 11.0 Å². The van der Waals surface area contributed by atoms with Gasteiger partial charge in [0.05, 0.1) is 6.42 Å². The highest BCUT2D eigenvalue weighted by Crippen LogP contribution is 2.21. The van der Waals surface area contributed by atoms with Crippen molar-refractivity contribution in [2.24, 2.45) is 0 Å². The molecule has 0 bridgehead atoms. The van der Waals surface area contributed by atoms with Crippen LogP contribution in [0.4, 0.5) is 5.69 Å². The Morgan fingerprint density at radius 3 is 2.23 bits per heavy atom. The highest BCUT2D eigenvalue weighted by Gasteiger charge is 2.09. The van der Waals surface area contributed by atoms with Crippen molar-refractivity contribution in [3.05, 3.63) is 64.7 Å². The van der Waals surface area contributed by atoms with Crippen LogP contribution in [0.1, 0.15) is 22.3 Å². The molecular weight excluding hydrogens is 292 g/mol. The zero-order valence-corrected chi connectivity index (χ0v) is 13.9. The molecule has 0 spiro atoms. The molecule has 0 aliphatic rings. The molecule has 0 radical (unpaired) electrons. The second-order valence-corrected chi connectivity index (χ2v) is 5.85. The number of hydrogen-bond acceptors (Lipinski definition) is 2. The molecule has 0 atom stereocenters. The van der Waals surface area contributed by atoms with E-state index in [-0.39, 0.29) is 5.91 Å². The SMILES string of the molecule is Cc1cc(C)c(NC(=S)NC(=O)Cc2ccccc2)c(C)c1. The molecule has 2 N–H and O–H groups in total. The number of anilines is 1. The molecule has 0 unspecified atom stereocenters. The fourth-order valence-corrected chi connectivity index (χ4v) is 2.69. The summed E-state index contributed by atoms with van der Waals surface area (Å²) in [6.45, 7) is 6.11. The largest absolute Gasteiger partial charge is 0.332 e.